The first-order valence-electron chi connectivity index (χ1n) is 15.9. The van der Waals surface area contributed by atoms with Crippen molar-refractivity contribution in [3.63, 3.8) is 0 Å². The minimum atomic E-state index is -4.28. The molecule has 1 aliphatic rings. The van der Waals surface area contributed by atoms with Crippen LogP contribution in [0.5, 0.6) is 11.5 Å². The van der Waals surface area contributed by atoms with Crippen LogP contribution in [-0.2, 0) is 26.2 Å². The molecule has 3 aromatic rings. The van der Waals surface area contributed by atoms with E-state index in [1.54, 1.807) is 12.1 Å². The number of carbonyl (C=O) groups is 2. The van der Waals surface area contributed by atoms with E-state index in [1.807, 2.05) is 58.0 Å². The number of anilines is 1. The zero-order valence-electron chi connectivity index (χ0n) is 27.8. The van der Waals surface area contributed by atoms with E-state index >= 15 is 0 Å². The maximum Gasteiger partial charge on any atom is 0.264 e. The monoisotopic (exact) mass is 649 g/mol. The van der Waals surface area contributed by atoms with Gasteiger partial charge in [0.15, 0.2) is 11.5 Å². The van der Waals surface area contributed by atoms with Gasteiger partial charge in [-0.05, 0) is 81.0 Å². The summed E-state index contributed by atoms with van der Waals surface area (Å²) in [5, 5.41) is 3.19. The summed E-state index contributed by atoms with van der Waals surface area (Å²) < 4.78 is 40.6. The normalized spacial score (nSPS) is 14.3. The molecular formula is C36H47N3O6S. The first-order chi connectivity index (χ1) is 22.0. The van der Waals surface area contributed by atoms with Gasteiger partial charge in [-0.2, -0.15) is 0 Å². The predicted octanol–water partition coefficient (Wildman–Crippen LogP) is 6.08. The Morgan fingerprint density at radius 2 is 1.48 bits per heavy atom. The number of amides is 2. The van der Waals surface area contributed by atoms with Crippen LogP contribution in [0.4, 0.5) is 5.69 Å². The highest BCUT2D eigenvalue weighted by Crippen LogP contribution is 2.33. The molecule has 1 fully saturated rings. The number of hydrogen-bond donors (Lipinski definition) is 1. The van der Waals surface area contributed by atoms with Crippen molar-refractivity contribution in [3.8, 4) is 11.5 Å². The summed E-state index contributed by atoms with van der Waals surface area (Å²) in [5.41, 5.74) is 3.99. The second-order valence-electron chi connectivity index (χ2n) is 12.1. The van der Waals surface area contributed by atoms with Crippen molar-refractivity contribution in [1.29, 1.82) is 0 Å². The minimum Gasteiger partial charge on any atom is -0.493 e. The molecule has 4 rings (SSSR count). The largest absolute Gasteiger partial charge is 0.493 e. The number of sulfonamides is 1. The van der Waals surface area contributed by atoms with Crippen LogP contribution in [0, 0.1) is 20.8 Å². The van der Waals surface area contributed by atoms with E-state index in [1.165, 1.54) is 37.3 Å². The Morgan fingerprint density at radius 1 is 0.848 bits per heavy atom. The SMILES string of the molecule is CC[C@H](C(=O)NC1CCCCC1)N(Cc1ccc(C)cc1)C(=O)CN(c1cc(C)cc(C)c1)S(=O)(=O)c1ccc(OC)c(OC)c1. The number of nitrogens with one attached hydrogen (secondary N) is 1. The number of nitrogens with zero attached hydrogens (tertiary/aromatic N) is 2. The van der Waals surface area contributed by atoms with Crippen LogP contribution in [0.25, 0.3) is 0 Å². The summed E-state index contributed by atoms with van der Waals surface area (Å²) in [5.74, 6) is -0.0544. The molecule has 1 saturated carbocycles. The van der Waals surface area contributed by atoms with Gasteiger partial charge in [-0.3, -0.25) is 13.9 Å². The van der Waals surface area contributed by atoms with Gasteiger partial charge in [0.1, 0.15) is 12.6 Å². The van der Waals surface area contributed by atoms with E-state index in [2.05, 4.69) is 5.32 Å². The molecule has 10 heteroatoms. The molecule has 46 heavy (non-hydrogen) atoms. The second kappa shape index (κ2) is 15.5. The lowest BCUT2D eigenvalue weighted by Gasteiger charge is -2.34. The molecule has 9 nitrogen and oxygen atoms in total. The zero-order chi connectivity index (χ0) is 33.4. The molecule has 1 N–H and O–H groups in total. The number of carbonyl (C=O) groups excluding carboxylic acids is 2. The first-order valence-corrected chi connectivity index (χ1v) is 17.4. The number of ether oxygens (including phenoxy) is 2. The Labute approximate surface area is 273 Å². The molecule has 0 radical (unpaired) electrons. The van der Waals surface area contributed by atoms with E-state index in [-0.39, 0.29) is 29.1 Å². The van der Waals surface area contributed by atoms with E-state index < -0.39 is 28.5 Å². The molecular weight excluding hydrogens is 602 g/mol. The van der Waals surface area contributed by atoms with Crippen molar-refractivity contribution < 1.29 is 27.5 Å². The van der Waals surface area contributed by atoms with Crippen LogP contribution in [0.15, 0.2) is 65.6 Å². The molecule has 0 aliphatic heterocycles. The fraction of sp³-hybridized carbons (Fsp3) is 0.444. The van der Waals surface area contributed by atoms with E-state index in [9.17, 15) is 18.0 Å². The molecule has 0 bridgehead atoms. The van der Waals surface area contributed by atoms with Crippen LogP contribution in [0.2, 0.25) is 0 Å². The number of methoxy groups -OCH3 is 2. The Hall–Kier alpha value is -4.05. The molecule has 0 unspecified atom stereocenters. The molecule has 1 aliphatic carbocycles. The van der Waals surface area contributed by atoms with Crippen molar-refractivity contribution in [2.45, 2.75) is 89.7 Å². The molecule has 248 valence electrons. The van der Waals surface area contributed by atoms with Crippen LogP contribution in [-0.4, -0.2) is 58.0 Å². The third-order valence-corrected chi connectivity index (χ3v) is 10.3. The van der Waals surface area contributed by atoms with Gasteiger partial charge in [0, 0.05) is 18.7 Å². The molecule has 3 aromatic carbocycles. The van der Waals surface area contributed by atoms with Crippen molar-refractivity contribution >= 4 is 27.5 Å². The molecule has 0 saturated heterocycles. The van der Waals surface area contributed by atoms with Gasteiger partial charge in [0.05, 0.1) is 24.8 Å². The van der Waals surface area contributed by atoms with Crippen molar-refractivity contribution in [1.82, 2.24) is 10.2 Å². The van der Waals surface area contributed by atoms with Gasteiger partial charge in [-0.1, -0.05) is 62.1 Å². The minimum absolute atomic E-state index is 0.0516. The summed E-state index contributed by atoms with van der Waals surface area (Å²) >= 11 is 0. The van der Waals surface area contributed by atoms with Crippen LogP contribution >= 0.6 is 0 Å². The van der Waals surface area contributed by atoms with Gasteiger partial charge < -0.3 is 19.7 Å². The van der Waals surface area contributed by atoms with E-state index in [4.69, 9.17) is 9.47 Å². The average molecular weight is 650 g/mol. The lowest BCUT2D eigenvalue weighted by molar-refractivity contribution is -0.140. The fourth-order valence-corrected chi connectivity index (χ4v) is 7.50. The first kappa shape index (κ1) is 34.8. The quantitative estimate of drug-likeness (QED) is 0.241. The topological polar surface area (TPSA) is 105 Å². The lowest BCUT2D eigenvalue weighted by atomic mass is 9.95. The number of benzene rings is 3. The maximum absolute atomic E-state index is 14.5. The molecule has 1 atom stereocenters. The Balaban J connectivity index is 1.76. The summed E-state index contributed by atoms with van der Waals surface area (Å²) in [6.45, 7) is 7.28. The predicted molar refractivity (Wildman–Crippen MR) is 181 cm³/mol. The Morgan fingerprint density at radius 3 is 2.07 bits per heavy atom. The smallest absolute Gasteiger partial charge is 0.264 e. The highest BCUT2D eigenvalue weighted by atomic mass is 32.2. The molecule has 0 aromatic heterocycles. The van der Waals surface area contributed by atoms with Crippen LogP contribution < -0.4 is 19.1 Å². The Kier molecular flexibility index (Phi) is 11.7. The van der Waals surface area contributed by atoms with Gasteiger partial charge >= 0.3 is 0 Å². The van der Waals surface area contributed by atoms with Gasteiger partial charge in [-0.25, -0.2) is 8.42 Å². The van der Waals surface area contributed by atoms with Gasteiger partial charge in [0.25, 0.3) is 10.0 Å². The van der Waals surface area contributed by atoms with Gasteiger partial charge in [0.2, 0.25) is 11.8 Å². The molecule has 0 heterocycles. The lowest BCUT2D eigenvalue weighted by Crippen LogP contribution is -2.54. The van der Waals surface area contributed by atoms with Crippen LogP contribution in [0.1, 0.15) is 67.7 Å². The van der Waals surface area contributed by atoms with E-state index in [0.29, 0.717) is 17.9 Å². The summed E-state index contributed by atoms with van der Waals surface area (Å²) in [6, 6.07) is 16.9. The van der Waals surface area contributed by atoms with Gasteiger partial charge in [-0.15, -0.1) is 0 Å². The maximum atomic E-state index is 14.5. The van der Waals surface area contributed by atoms with Crippen molar-refractivity contribution in [2.75, 3.05) is 25.1 Å². The molecule has 2 amide bonds. The standard InChI is InChI=1S/C36H47N3O6S/c1-7-32(36(41)37-29-11-9-8-10-12-29)38(23-28-15-13-25(2)14-16-28)35(40)24-39(30-20-26(3)19-27(4)21-30)46(42,43)31-17-18-33(44-5)34(22-31)45-6/h13-22,29,32H,7-12,23-24H2,1-6H3,(H,37,41)/t32-/m1/s1. The Bertz CT molecular complexity index is 1600. The highest BCUT2D eigenvalue weighted by Gasteiger charge is 2.35. The number of aryl methyl sites for hydroxylation is 3. The summed E-state index contributed by atoms with van der Waals surface area (Å²) in [4.78, 5) is 29.7. The number of rotatable bonds is 13. The van der Waals surface area contributed by atoms with Crippen molar-refractivity contribution in [3.05, 3.63) is 82.9 Å². The third kappa shape index (κ3) is 8.40. The van der Waals surface area contributed by atoms with Crippen LogP contribution in [0.3, 0.4) is 0 Å². The summed E-state index contributed by atoms with van der Waals surface area (Å²) in [7, 11) is -1.37. The highest BCUT2D eigenvalue weighted by molar-refractivity contribution is 7.92. The fourth-order valence-electron chi connectivity index (χ4n) is 6.08. The van der Waals surface area contributed by atoms with Crippen molar-refractivity contribution in [2.24, 2.45) is 0 Å². The average Bonchev–Trinajstić information content (AvgIpc) is 3.03. The zero-order valence-corrected chi connectivity index (χ0v) is 28.7. The van der Waals surface area contributed by atoms with E-state index in [0.717, 1.165) is 58.7 Å². The molecule has 0 spiro atoms. The third-order valence-electron chi connectivity index (χ3n) is 8.53. The number of hydrogen-bond acceptors (Lipinski definition) is 6. The summed E-state index contributed by atoms with van der Waals surface area (Å²) in [6.07, 6.45) is 5.49. The second-order valence-corrected chi connectivity index (χ2v) is 14.0.